The summed E-state index contributed by atoms with van der Waals surface area (Å²) in [6, 6.07) is 0. The minimum atomic E-state index is 1.03. The van der Waals surface area contributed by atoms with Crippen LogP contribution < -0.4 is 5.32 Å². The van der Waals surface area contributed by atoms with E-state index in [2.05, 4.69) is 16.8 Å². The molecule has 1 aliphatic heterocycles. The Kier molecular flexibility index (Phi) is 3.41. The first-order valence-corrected chi connectivity index (χ1v) is 6.08. The van der Waals surface area contributed by atoms with Gasteiger partial charge in [0.2, 0.25) is 0 Å². The zero-order chi connectivity index (χ0) is 10.7. The summed E-state index contributed by atoms with van der Waals surface area (Å²) in [7, 11) is 2.00. The summed E-state index contributed by atoms with van der Waals surface area (Å²) in [6.45, 7) is 4.42. The summed E-state index contributed by atoms with van der Waals surface area (Å²) in [4.78, 5) is 4.77. The molecule has 3 nitrogen and oxygen atoms in total. The number of hydrogen-bond donors (Lipinski definition) is 1. The van der Waals surface area contributed by atoms with Gasteiger partial charge >= 0.3 is 0 Å². The van der Waals surface area contributed by atoms with Gasteiger partial charge in [0, 0.05) is 31.6 Å². The van der Waals surface area contributed by atoms with Crippen molar-refractivity contribution in [2.45, 2.75) is 45.6 Å². The standard InChI is InChI=1S/C12H21N3/c1-3-12-14-10(7-8-13-2)11-6-4-5-9-15(11)12/h13H,3-9H2,1-2H3. The molecule has 2 heterocycles. The average Bonchev–Trinajstić information content (AvgIpc) is 2.65. The molecule has 0 atom stereocenters. The Labute approximate surface area is 91.9 Å². The third-order valence-corrected chi connectivity index (χ3v) is 3.21. The van der Waals surface area contributed by atoms with Crippen molar-refractivity contribution in [1.82, 2.24) is 14.9 Å². The molecule has 0 aliphatic carbocycles. The largest absolute Gasteiger partial charge is 0.332 e. The van der Waals surface area contributed by atoms with Gasteiger partial charge in [-0.05, 0) is 26.3 Å². The molecule has 0 saturated heterocycles. The lowest BCUT2D eigenvalue weighted by Gasteiger charge is -2.17. The van der Waals surface area contributed by atoms with E-state index in [9.17, 15) is 0 Å². The van der Waals surface area contributed by atoms with Crippen molar-refractivity contribution in [3.63, 3.8) is 0 Å². The van der Waals surface area contributed by atoms with Gasteiger partial charge in [0.25, 0.3) is 0 Å². The Morgan fingerprint density at radius 3 is 3.00 bits per heavy atom. The van der Waals surface area contributed by atoms with Crippen LogP contribution in [-0.2, 0) is 25.8 Å². The van der Waals surface area contributed by atoms with Crippen molar-refractivity contribution < 1.29 is 0 Å². The van der Waals surface area contributed by atoms with Gasteiger partial charge in [0.1, 0.15) is 5.82 Å². The Balaban J connectivity index is 2.25. The van der Waals surface area contributed by atoms with Crippen LogP contribution in [0.5, 0.6) is 0 Å². The molecular formula is C12H21N3. The molecule has 0 saturated carbocycles. The fourth-order valence-electron chi connectivity index (χ4n) is 2.41. The van der Waals surface area contributed by atoms with E-state index in [-0.39, 0.29) is 0 Å². The van der Waals surface area contributed by atoms with E-state index in [1.807, 2.05) is 7.05 Å². The van der Waals surface area contributed by atoms with E-state index in [1.165, 1.54) is 43.0 Å². The minimum absolute atomic E-state index is 1.03. The second-order valence-electron chi connectivity index (χ2n) is 4.24. The lowest BCUT2D eigenvalue weighted by molar-refractivity contribution is 0.513. The number of nitrogens with zero attached hydrogens (tertiary/aromatic N) is 2. The first-order valence-electron chi connectivity index (χ1n) is 6.08. The Morgan fingerprint density at radius 2 is 2.27 bits per heavy atom. The lowest BCUT2D eigenvalue weighted by Crippen LogP contribution is -2.15. The van der Waals surface area contributed by atoms with Crippen LogP contribution in [0.3, 0.4) is 0 Å². The zero-order valence-electron chi connectivity index (χ0n) is 9.84. The second kappa shape index (κ2) is 4.79. The Morgan fingerprint density at radius 1 is 1.40 bits per heavy atom. The van der Waals surface area contributed by atoms with Crippen LogP contribution in [0.4, 0.5) is 0 Å². The topological polar surface area (TPSA) is 29.9 Å². The highest BCUT2D eigenvalue weighted by molar-refractivity contribution is 5.19. The first-order chi connectivity index (χ1) is 7.36. The van der Waals surface area contributed by atoms with Gasteiger partial charge in [-0.15, -0.1) is 0 Å². The molecule has 15 heavy (non-hydrogen) atoms. The third-order valence-electron chi connectivity index (χ3n) is 3.21. The maximum Gasteiger partial charge on any atom is 0.108 e. The lowest BCUT2D eigenvalue weighted by atomic mass is 10.1. The van der Waals surface area contributed by atoms with Crippen molar-refractivity contribution in [3.8, 4) is 0 Å². The highest BCUT2D eigenvalue weighted by Crippen LogP contribution is 2.21. The number of rotatable bonds is 4. The van der Waals surface area contributed by atoms with E-state index in [1.54, 1.807) is 0 Å². The number of nitrogens with one attached hydrogen (secondary N) is 1. The maximum absolute atomic E-state index is 4.77. The number of hydrogen-bond acceptors (Lipinski definition) is 2. The molecule has 2 rings (SSSR count). The van der Waals surface area contributed by atoms with Crippen LogP contribution in [0.1, 0.15) is 37.0 Å². The van der Waals surface area contributed by atoms with Crippen molar-refractivity contribution in [2.75, 3.05) is 13.6 Å². The molecule has 0 aromatic carbocycles. The van der Waals surface area contributed by atoms with Gasteiger partial charge in [-0.25, -0.2) is 4.98 Å². The van der Waals surface area contributed by atoms with Crippen molar-refractivity contribution in [3.05, 3.63) is 17.2 Å². The summed E-state index contributed by atoms with van der Waals surface area (Å²) < 4.78 is 2.45. The van der Waals surface area contributed by atoms with Crippen molar-refractivity contribution in [1.29, 1.82) is 0 Å². The molecule has 84 valence electrons. The van der Waals surface area contributed by atoms with Crippen LogP contribution >= 0.6 is 0 Å². The quantitative estimate of drug-likeness (QED) is 0.811. The van der Waals surface area contributed by atoms with E-state index >= 15 is 0 Å². The summed E-state index contributed by atoms with van der Waals surface area (Å²) in [5.41, 5.74) is 2.84. The van der Waals surface area contributed by atoms with Crippen LogP contribution in [-0.4, -0.2) is 23.1 Å². The van der Waals surface area contributed by atoms with Crippen molar-refractivity contribution >= 4 is 0 Å². The average molecular weight is 207 g/mol. The van der Waals surface area contributed by atoms with Crippen LogP contribution in [0, 0.1) is 0 Å². The smallest absolute Gasteiger partial charge is 0.108 e. The molecular weight excluding hydrogens is 186 g/mol. The number of fused-ring (bicyclic) bond motifs is 1. The second-order valence-corrected chi connectivity index (χ2v) is 4.24. The number of likely N-dealkylation sites (N-methyl/N-ethyl adjacent to an activating group) is 1. The van der Waals surface area contributed by atoms with E-state index in [0.717, 1.165) is 19.4 Å². The first kappa shape index (κ1) is 10.7. The van der Waals surface area contributed by atoms with Gasteiger partial charge in [-0.1, -0.05) is 6.92 Å². The van der Waals surface area contributed by atoms with E-state index in [0.29, 0.717) is 0 Å². The number of aryl methyl sites for hydroxylation is 1. The van der Waals surface area contributed by atoms with Crippen molar-refractivity contribution in [2.24, 2.45) is 0 Å². The molecule has 1 aromatic rings. The van der Waals surface area contributed by atoms with Gasteiger partial charge < -0.3 is 9.88 Å². The summed E-state index contributed by atoms with van der Waals surface area (Å²) >= 11 is 0. The Hall–Kier alpha value is -0.830. The molecule has 0 bridgehead atoms. The molecule has 0 radical (unpaired) electrons. The number of imidazole rings is 1. The Bertz CT molecular complexity index is 328. The van der Waals surface area contributed by atoms with Crippen LogP contribution in [0.25, 0.3) is 0 Å². The normalized spacial score (nSPS) is 15.3. The molecule has 3 heteroatoms. The SMILES string of the molecule is CCc1nc(CCNC)c2n1CCCC2. The van der Waals surface area contributed by atoms with Gasteiger partial charge in [0.05, 0.1) is 5.69 Å². The number of aromatic nitrogens is 2. The van der Waals surface area contributed by atoms with Gasteiger partial charge in [-0.3, -0.25) is 0 Å². The van der Waals surface area contributed by atoms with Crippen LogP contribution in [0.2, 0.25) is 0 Å². The maximum atomic E-state index is 4.77. The predicted octanol–water partition coefficient (Wildman–Crippen LogP) is 1.54. The van der Waals surface area contributed by atoms with Gasteiger partial charge in [-0.2, -0.15) is 0 Å². The molecule has 0 amide bonds. The highest BCUT2D eigenvalue weighted by Gasteiger charge is 2.18. The summed E-state index contributed by atoms with van der Waals surface area (Å²) in [5.74, 6) is 1.29. The molecule has 1 aliphatic rings. The van der Waals surface area contributed by atoms with E-state index < -0.39 is 0 Å². The molecule has 1 aromatic heterocycles. The highest BCUT2D eigenvalue weighted by atomic mass is 15.1. The summed E-state index contributed by atoms with van der Waals surface area (Å²) in [6.07, 6.45) is 6.02. The van der Waals surface area contributed by atoms with Crippen LogP contribution in [0.15, 0.2) is 0 Å². The summed E-state index contributed by atoms with van der Waals surface area (Å²) in [5, 5.41) is 3.20. The molecule has 1 N–H and O–H groups in total. The minimum Gasteiger partial charge on any atom is -0.332 e. The predicted molar refractivity (Wildman–Crippen MR) is 62.2 cm³/mol. The third kappa shape index (κ3) is 2.07. The fourth-order valence-corrected chi connectivity index (χ4v) is 2.41. The zero-order valence-corrected chi connectivity index (χ0v) is 9.84. The molecule has 0 unspecified atom stereocenters. The molecule has 0 fully saturated rings. The van der Waals surface area contributed by atoms with Gasteiger partial charge in [0.15, 0.2) is 0 Å². The fraction of sp³-hybridized carbons (Fsp3) is 0.750. The van der Waals surface area contributed by atoms with E-state index in [4.69, 9.17) is 4.98 Å². The monoisotopic (exact) mass is 207 g/mol. The molecule has 0 spiro atoms.